The number of rotatable bonds is 6. The summed E-state index contributed by atoms with van der Waals surface area (Å²) in [5.41, 5.74) is 5.70. The highest BCUT2D eigenvalue weighted by molar-refractivity contribution is 9.10. The fourth-order valence-electron chi connectivity index (χ4n) is 1.78. The van der Waals surface area contributed by atoms with Gasteiger partial charge in [0.25, 0.3) is 0 Å². The SMILES string of the molecule is CC(C)CC(CN)CC(=O)c1sccc1Br. The summed E-state index contributed by atoms with van der Waals surface area (Å²) >= 11 is 4.88. The second-order valence-electron chi connectivity index (χ2n) is 4.46. The van der Waals surface area contributed by atoms with Gasteiger partial charge in [0.05, 0.1) is 4.88 Å². The van der Waals surface area contributed by atoms with Gasteiger partial charge in [-0.05, 0) is 52.2 Å². The summed E-state index contributed by atoms with van der Waals surface area (Å²) in [4.78, 5) is 12.8. The van der Waals surface area contributed by atoms with Crippen LogP contribution in [0.5, 0.6) is 0 Å². The molecule has 1 atom stereocenters. The molecule has 1 aromatic rings. The van der Waals surface area contributed by atoms with Gasteiger partial charge in [0, 0.05) is 10.9 Å². The first-order chi connectivity index (χ1) is 7.54. The van der Waals surface area contributed by atoms with E-state index < -0.39 is 0 Å². The lowest BCUT2D eigenvalue weighted by Crippen LogP contribution is -2.19. The fraction of sp³-hybridized carbons (Fsp3) is 0.583. The van der Waals surface area contributed by atoms with Gasteiger partial charge in [0.15, 0.2) is 5.78 Å². The number of hydrogen-bond donors (Lipinski definition) is 1. The maximum absolute atomic E-state index is 12.0. The molecule has 0 aromatic carbocycles. The first-order valence-corrected chi connectivity index (χ1v) is 7.18. The van der Waals surface area contributed by atoms with E-state index in [2.05, 4.69) is 29.8 Å². The molecular formula is C12H18BrNOS. The summed E-state index contributed by atoms with van der Waals surface area (Å²) in [5, 5.41) is 1.93. The average Bonchev–Trinajstić information content (AvgIpc) is 2.62. The van der Waals surface area contributed by atoms with Crippen LogP contribution in [-0.4, -0.2) is 12.3 Å². The molecule has 2 N–H and O–H groups in total. The predicted molar refractivity (Wildman–Crippen MR) is 73.0 cm³/mol. The van der Waals surface area contributed by atoms with Crippen molar-refractivity contribution in [1.29, 1.82) is 0 Å². The Balaban J connectivity index is 2.59. The molecule has 1 unspecified atom stereocenters. The number of Topliss-reactive ketones (excluding diaryl/α,β-unsaturated/α-hetero) is 1. The van der Waals surface area contributed by atoms with Crippen molar-refractivity contribution in [3.63, 3.8) is 0 Å². The molecule has 0 bridgehead atoms. The first-order valence-electron chi connectivity index (χ1n) is 5.50. The highest BCUT2D eigenvalue weighted by Gasteiger charge is 2.17. The Morgan fingerprint density at radius 1 is 1.56 bits per heavy atom. The number of nitrogens with two attached hydrogens (primary N) is 1. The van der Waals surface area contributed by atoms with Gasteiger partial charge in [-0.2, -0.15) is 0 Å². The highest BCUT2D eigenvalue weighted by atomic mass is 79.9. The van der Waals surface area contributed by atoms with Crippen LogP contribution in [0.15, 0.2) is 15.9 Å². The Bertz CT molecular complexity index is 349. The standard InChI is InChI=1S/C12H18BrNOS/c1-8(2)5-9(7-14)6-11(15)12-10(13)3-4-16-12/h3-4,8-9H,5-7,14H2,1-2H3. The third-order valence-electron chi connectivity index (χ3n) is 2.48. The van der Waals surface area contributed by atoms with Gasteiger partial charge >= 0.3 is 0 Å². The molecule has 0 aliphatic rings. The van der Waals surface area contributed by atoms with Gasteiger partial charge in [0.1, 0.15) is 0 Å². The zero-order chi connectivity index (χ0) is 12.1. The minimum Gasteiger partial charge on any atom is -0.330 e. The van der Waals surface area contributed by atoms with E-state index in [1.807, 2.05) is 11.4 Å². The Morgan fingerprint density at radius 3 is 2.69 bits per heavy atom. The van der Waals surface area contributed by atoms with E-state index in [4.69, 9.17) is 5.73 Å². The van der Waals surface area contributed by atoms with Gasteiger partial charge < -0.3 is 5.73 Å². The van der Waals surface area contributed by atoms with Crippen molar-refractivity contribution >= 4 is 33.0 Å². The molecule has 1 aromatic heterocycles. The summed E-state index contributed by atoms with van der Waals surface area (Å²) < 4.78 is 0.905. The van der Waals surface area contributed by atoms with Gasteiger partial charge in [-0.15, -0.1) is 11.3 Å². The second kappa shape index (κ2) is 6.52. The topological polar surface area (TPSA) is 43.1 Å². The lowest BCUT2D eigenvalue weighted by atomic mass is 9.92. The van der Waals surface area contributed by atoms with Crippen LogP contribution in [0.25, 0.3) is 0 Å². The van der Waals surface area contributed by atoms with E-state index in [1.165, 1.54) is 11.3 Å². The molecule has 1 rings (SSSR count). The van der Waals surface area contributed by atoms with Crippen molar-refractivity contribution in [1.82, 2.24) is 0 Å². The molecule has 0 radical (unpaired) electrons. The molecule has 0 spiro atoms. The molecule has 0 saturated carbocycles. The van der Waals surface area contributed by atoms with E-state index in [0.29, 0.717) is 24.8 Å². The highest BCUT2D eigenvalue weighted by Crippen LogP contribution is 2.26. The molecule has 0 aliphatic carbocycles. The van der Waals surface area contributed by atoms with Crippen LogP contribution in [-0.2, 0) is 0 Å². The fourth-order valence-corrected chi connectivity index (χ4v) is 3.32. The Morgan fingerprint density at radius 2 is 2.25 bits per heavy atom. The van der Waals surface area contributed by atoms with Gasteiger partial charge in [-0.3, -0.25) is 4.79 Å². The van der Waals surface area contributed by atoms with Crippen LogP contribution < -0.4 is 5.73 Å². The van der Waals surface area contributed by atoms with Crippen LogP contribution >= 0.6 is 27.3 Å². The number of hydrogen-bond acceptors (Lipinski definition) is 3. The number of carbonyl (C=O) groups excluding carboxylic acids is 1. The number of thiophene rings is 1. The van der Waals surface area contributed by atoms with Gasteiger partial charge in [-0.1, -0.05) is 13.8 Å². The zero-order valence-corrected chi connectivity index (χ0v) is 12.1. The van der Waals surface area contributed by atoms with Crippen molar-refractivity contribution < 1.29 is 4.79 Å². The molecule has 2 nitrogen and oxygen atoms in total. The first kappa shape index (κ1) is 13.9. The molecular weight excluding hydrogens is 286 g/mol. The summed E-state index contributed by atoms with van der Waals surface area (Å²) in [6.45, 7) is 4.91. The Labute approximate surface area is 109 Å². The normalized spacial score (nSPS) is 13.1. The summed E-state index contributed by atoms with van der Waals surface area (Å²) in [5.74, 6) is 1.10. The number of halogens is 1. The van der Waals surface area contributed by atoms with Crippen LogP contribution in [0.3, 0.4) is 0 Å². The monoisotopic (exact) mass is 303 g/mol. The lowest BCUT2D eigenvalue weighted by Gasteiger charge is -2.15. The van der Waals surface area contributed by atoms with E-state index >= 15 is 0 Å². The van der Waals surface area contributed by atoms with Crippen molar-refractivity contribution in [2.75, 3.05) is 6.54 Å². The molecule has 0 aliphatic heterocycles. The molecule has 90 valence electrons. The maximum atomic E-state index is 12.0. The summed E-state index contributed by atoms with van der Waals surface area (Å²) in [6.07, 6.45) is 1.58. The molecule has 0 fully saturated rings. The van der Waals surface area contributed by atoms with Crippen LogP contribution in [0.2, 0.25) is 0 Å². The van der Waals surface area contributed by atoms with Crippen molar-refractivity contribution in [3.05, 3.63) is 20.8 Å². The quantitative estimate of drug-likeness (QED) is 0.814. The van der Waals surface area contributed by atoms with Crippen molar-refractivity contribution in [2.45, 2.75) is 26.7 Å². The largest absolute Gasteiger partial charge is 0.330 e. The van der Waals surface area contributed by atoms with E-state index in [1.54, 1.807) is 0 Å². The molecule has 4 heteroatoms. The Kier molecular flexibility index (Phi) is 5.66. The molecule has 0 saturated heterocycles. The minimum atomic E-state index is 0.206. The maximum Gasteiger partial charge on any atom is 0.174 e. The zero-order valence-electron chi connectivity index (χ0n) is 9.70. The molecule has 0 amide bonds. The predicted octanol–water partition coefficient (Wildman–Crippen LogP) is 3.70. The van der Waals surface area contributed by atoms with Crippen LogP contribution in [0.1, 0.15) is 36.4 Å². The van der Waals surface area contributed by atoms with E-state index in [0.717, 1.165) is 15.8 Å². The summed E-state index contributed by atoms with van der Waals surface area (Å²) in [7, 11) is 0. The lowest BCUT2D eigenvalue weighted by molar-refractivity contribution is 0.0961. The third kappa shape index (κ3) is 4.00. The van der Waals surface area contributed by atoms with Crippen molar-refractivity contribution in [2.24, 2.45) is 17.6 Å². The van der Waals surface area contributed by atoms with Crippen LogP contribution in [0, 0.1) is 11.8 Å². The summed E-state index contributed by atoms with van der Waals surface area (Å²) in [6, 6.07) is 1.91. The van der Waals surface area contributed by atoms with E-state index in [-0.39, 0.29) is 5.78 Å². The Hall–Kier alpha value is -0.190. The molecule has 1 heterocycles. The third-order valence-corrected chi connectivity index (χ3v) is 4.36. The van der Waals surface area contributed by atoms with E-state index in [9.17, 15) is 4.79 Å². The average molecular weight is 304 g/mol. The van der Waals surface area contributed by atoms with Gasteiger partial charge in [0.2, 0.25) is 0 Å². The molecule has 16 heavy (non-hydrogen) atoms. The van der Waals surface area contributed by atoms with Gasteiger partial charge in [-0.25, -0.2) is 0 Å². The smallest absolute Gasteiger partial charge is 0.174 e. The second-order valence-corrected chi connectivity index (χ2v) is 6.23. The minimum absolute atomic E-state index is 0.206. The van der Waals surface area contributed by atoms with Crippen molar-refractivity contribution in [3.8, 4) is 0 Å². The number of ketones is 1. The number of carbonyl (C=O) groups is 1. The van der Waals surface area contributed by atoms with Crippen LogP contribution in [0.4, 0.5) is 0 Å².